The van der Waals surface area contributed by atoms with E-state index >= 15 is 0 Å². The first kappa shape index (κ1) is 13.3. The maximum absolute atomic E-state index is 5.64. The molecule has 0 aromatic heterocycles. The van der Waals surface area contributed by atoms with Gasteiger partial charge in [-0.1, -0.05) is 39.7 Å². The maximum Gasteiger partial charge on any atom is 0.114 e. The summed E-state index contributed by atoms with van der Waals surface area (Å²) in [7, 11) is 0. The highest BCUT2D eigenvalue weighted by Crippen LogP contribution is 2.04. The molecular weight excluding hydrogens is 172 g/mol. The van der Waals surface area contributed by atoms with Crippen LogP contribution >= 0.6 is 0 Å². The molecule has 0 heterocycles. The highest BCUT2D eigenvalue weighted by atomic mass is 16.5. The van der Waals surface area contributed by atoms with Crippen LogP contribution in [0.5, 0.6) is 0 Å². The second-order valence-corrected chi connectivity index (χ2v) is 3.41. The number of rotatable bonds is 8. The van der Waals surface area contributed by atoms with Crippen molar-refractivity contribution < 1.29 is 4.74 Å². The smallest absolute Gasteiger partial charge is 0.114 e. The van der Waals surface area contributed by atoms with E-state index in [1.54, 1.807) is 0 Å². The molecule has 0 bridgehead atoms. The van der Waals surface area contributed by atoms with Gasteiger partial charge in [0.15, 0.2) is 0 Å². The first-order valence-corrected chi connectivity index (χ1v) is 5.84. The molecule has 0 rings (SSSR count). The number of hydrogen-bond acceptors (Lipinski definition) is 1. The predicted molar refractivity (Wildman–Crippen MR) is 63.3 cm³/mol. The molecule has 0 aromatic rings. The molecule has 0 atom stereocenters. The Morgan fingerprint density at radius 1 is 1.14 bits per heavy atom. The summed E-state index contributed by atoms with van der Waals surface area (Å²) in [6.07, 6.45) is 12.1. The van der Waals surface area contributed by atoms with Crippen LogP contribution in [-0.4, -0.2) is 6.61 Å². The zero-order valence-electron chi connectivity index (χ0n) is 9.88. The Morgan fingerprint density at radius 3 is 2.50 bits per heavy atom. The summed E-state index contributed by atoms with van der Waals surface area (Å²) in [5, 5.41) is 0. The monoisotopic (exact) mass is 196 g/mol. The Bertz CT molecular complexity index is 168. The lowest BCUT2D eigenvalue weighted by Gasteiger charge is -2.05. The minimum atomic E-state index is 0.846. The van der Waals surface area contributed by atoms with E-state index in [1.807, 2.05) is 0 Å². The van der Waals surface area contributed by atoms with Gasteiger partial charge in [-0.25, -0.2) is 0 Å². The van der Waals surface area contributed by atoms with Crippen molar-refractivity contribution >= 4 is 0 Å². The van der Waals surface area contributed by atoms with Crippen molar-refractivity contribution in [3.05, 3.63) is 24.0 Å². The lowest BCUT2D eigenvalue weighted by atomic mass is 10.3. The Hall–Kier alpha value is -0.720. The Labute approximate surface area is 88.9 Å². The average molecular weight is 196 g/mol. The van der Waals surface area contributed by atoms with Gasteiger partial charge in [0.1, 0.15) is 5.76 Å². The van der Waals surface area contributed by atoms with Crippen molar-refractivity contribution in [3.63, 3.8) is 0 Å². The fourth-order valence-corrected chi connectivity index (χ4v) is 1.08. The second kappa shape index (κ2) is 10.4. The van der Waals surface area contributed by atoms with E-state index in [9.17, 15) is 0 Å². The van der Waals surface area contributed by atoms with E-state index in [0.29, 0.717) is 0 Å². The van der Waals surface area contributed by atoms with Gasteiger partial charge in [-0.15, -0.1) is 0 Å². The van der Waals surface area contributed by atoms with Crippen LogP contribution in [0.4, 0.5) is 0 Å². The molecule has 1 nitrogen and oxygen atoms in total. The van der Waals surface area contributed by atoms with Crippen LogP contribution in [0.1, 0.15) is 52.9 Å². The summed E-state index contributed by atoms with van der Waals surface area (Å²) in [6.45, 7) is 7.35. The van der Waals surface area contributed by atoms with E-state index in [1.165, 1.54) is 12.8 Å². The summed E-state index contributed by atoms with van der Waals surface area (Å²) in [5.41, 5.74) is 0. The molecule has 0 amide bonds. The number of ether oxygens (including phenoxy) is 1. The third-order valence-corrected chi connectivity index (χ3v) is 1.91. The lowest BCUT2D eigenvalue weighted by Crippen LogP contribution is -1.92. The minimum Gasteiger partial charge on any atom is -0.494 e. The molecule has 0 radical (unpaired) electrons. The van der Waals surface area contributed by atoms with Crippen molar-refractivity contribution in [2.45, 2.75) is 52.9 Å². The SMILES string of the molecule is CC/C=C(\C=C/CCC)OCCCC. The fourth-order valence-electron chi connectivity index (χ4n) is 1.08. The minimum absolute atomic E-state index is 0.846. The first-order valence-electron chi connectivity index (χ1n) is 5.84. The number of unbranched alkanes of at least 4 members (excludes halogenated alkanes) is 2. The van der Waals surface area contributed by atoms with Gasteiger partial charge in [0.25, 0.3) is 0 Å². The van der Waals surface area contributed by atoms with Crippen LogP contribution in [0.25, 0.3) is 0 Å². The Morgan fingerprint density at radius 2 is 1.93 bits per heavy atom. The maximum atomic E-state index is 5.64. The van der Waals surface area contributed by atoms with E-state index < -0.39 is 0 Å². The van der Waals surface area contributed by atoms with Crippen LogP contribution in [0.15, 0.2) is 24.0 Å². The molecule has 1 heteroatoms. The van der Waals surface area contributed by atoms with Gasteiger partial charge in [-0.3, -0.25) is 0 Å². The van der Waals surface area contributed by atoms with Crippen LogP contribution < -0.4 is 0 Å². The molecule has 0 unspecified atom stereocenters. The molecule has 0 saturated carbocycles. The zero-order valence-corrected chi connectivity index (χ0v) is 9.88. The van der Waals surface area contributed by atoms with Gasteiger partial charge >= 0.3 is 0 Å². The first-order chi connectivity index (χ1) is 6.85. The Balaban J connectivity index is 3.84. The molecule has 0 fully saturated rings. The van der Waals surface area contributed by atoms with Gasteiger partial charge in [-0.05, 0) is 31.4 Å². The third-order valence-electron chi connectivity index (χ3n) is 1.91. The lowest BCUT2D eigenvalue weighted by molar-refractivity contribution is 0.218. The van der Waals surface area contributed by atoms with Crippen LogP contribution in [0.3, 0.4) is 0 Å². The van der Waals surface area contributed by atoms with E-state index in [4.69, 9.17) is 4.74 Å². The molecule has 0 aliphatic rings. The van der Waals surface area contributed by atoms with Crippen LogP contribution in [0.2, 0.25) is 0 Å². The summed E-state index contributed by atoms with van der Waals surface area (Å²) in [6, 6.07) is 0. The fraction of sp³-hybridized carbons (Fsp3) is 0.692. The van der Waals surface area contributed by atoms with Crippen LogP contribution in [0, 0.1) is 0 Å². The van der Waals surface area contributed by atoms with Gasteiger partial charge in [0, 0.05) is 0 Å². The molecule has 14 heavy (non-hydrogen) atoms. The van der Waals surface area contributed by atoms with Crippen molar-refractivity contribution in [2.75, 3.05) is 6.61 Å². The highest BCUT2D eigenvalue weighted by molar-refractivity contribution is 5.11. The van der Waals surface area contributed by atoms with E-state index in [0.717, 1.165) is 31.6 Å². The second-order valence-electron chi connectivity index (χ2n) is 3.41. The van der Waals surface area contributed by atoms with Gasteiger partial charge in [0.05, 0.1) is 6.61 Å². The molecular formula is C13H24O. The summed E-state index contributed by atoms with van der Waals surface area (Å²) < 4.78 is 5.64. The predicted octanol–water partition coefficient (Wildman–Crippen LogP) is 4.45. The quantitative estimate of drug-likeness (QED) is 0.316. The third kappa shape index (κ3) is 7.90. The summed E-state index contributed by atoms with van der Waals surface area (Å²) in [4.78, 5) is 0. The molecule has 82 valence electrons. The topological polar surface area (TPSA) is 9.23 Å². The molecule has 0 aromatic carbocycles. The number of allylic oxidation sites excluding steroid dienone is 3. The summed E-state index contributed by atoms with van der Waals surface area (Å²) >= 11 is 0. The average Bonchev–Trinajstić information content (AvgIpc) is 2.18. The highest BCUT2D eigenvalue weighted by Gasteiger charge is 1.91. The van der Waals surface area contributed by atoms with Gasteiger partial charge in [-0.2, -0.15) is 0 Å². The largest absolute Gasteiger partial charge is 0.494 e. The molecule has 0 aliphatic heterocycles. The van der Waals surface area contributed by atoms with Gasteiger partial charge < -0.3 is 4.74 Å². The van der Waals surface area contributed by atoms with Gasteiger partial charge in [0.2, 0.25) is 0 Å². The number of hydrogen-bond donors (Lipinski definition) is 0. The van der Waals surface area contributed by atoms with Crippen molar-refractivity contribution in [3.8, 4) is 0 Å². The summed E-state index contributed by atoms with van der Waals surface area (Å²) in [5.74, 6) is 1.04. The van der Waals surface area contributed by atoms with E-state index in [-0.39, 0.29) is 0 Å². The molecule has 0 spiro atoms. The zero-order chi connectivity index (χ0) is 10.6. The van der Waals surface area contributed by atoms with Crippen LogP contribution in [-0.2, 0) is 4.74 Å². The molecule has 0 N–H and O–H groups in total. The molecule has 0 aliphatic carbocycles. The Kier molecular flexibility index (Phi) is 9.83. The van der Waals surface area contributed by atoms with E-state index in [2.05, 4.69) is 39.0 Å². The van der Waals surface area contributed by atoms with Crippen molar-refractivity contribution in [1.29, 1.82) is 0 Å². The van der Waals surface area contributed by atoms with Crippen molar-refractivity contribution in [1.82, 2.24) is 0 Å². The molecule has 0 saturated heterocycles. The standard InChI is InChI=1S/C13H24O/c1-4-7-9-11-13(10-6-3)14-12-8-5-2/h9-11H,4-8,12H2,1-3H3/b11-9-,13-10+. The normalized spacial score (nSPS) is 12.4. The van der Waals surface area contributed by atoms with Crippen molar-refractivity contribution in [2.24, 2.45) is 0 Å².